The van der Waals surface area contributed by atoms with E-state index in [4.69, 9.17) is 27.5 Å². The average Bonchev–Trinajstić information content (AvgIpc) is 3.02. The molecule has 2 atom stereocenters. The largest absolute Gasteiger partial charge is 0.366 e. The number of rotatable bonds is 2. The van der Waals surface area contributed by atoms with Crippen molar-refractivity contribution in [1.29, 1.82) is 0 Å². The number of aliphatic hydroxyl groups is 2. The molecule has 0 aromatic carbocycles. The topological polar surface area (TPSA) is 97.2 Å². The van der Waals surface area contributed by atoms with Crippen LogP contribution in [0.3, 0.4) is 0 Å². The molecule has 0 bridgehead atoms. The molecule has 2 unspecified atom stereocenters. The Hall–Kier alpha value is -1.21. The van der Waals surface area contributed by atoms with Crippen molar-refractivity contribution in [3.05, 3.63) is 23.7 Å². The second kappa shape index (κ2) is 6.91. The summed E-state index contributed by atoms with van der Waals surface area (Å²) in [6.45, 7) is 3.38. The van der Waals surface area contributed by atoms with Gasteiger partial charge in [-0.25, -0.2) is 9.97 Å². The van der Waals surface area contributed by atoms with Gasteiger partial charge in [-0.3, -0.25) is 0 Å². The summed E-state index contributed by atoms with van der Waals surface area (Å²) in [4.78, 5) is 8.33. The fraction of sp³-hybridized carbons (Fsp3) is 0.600. The van der Waals surface area contributed by atoms with Gasteiger partial charge >= 0.3 is 0 Å². The van der Waals surface area contributed by atoms with Gasteiger partial charge in [0, 0.05) is 12.2 Å². The van der Waals surface area contributed by atoms with Crippen molar-refractivity contribution in [2.75, 3.05) is 6.54 Å². The number of hydrogen-bond donors (Lipinski definition) is 3. The highest BCUT2D eigenvalue weighted by Gasteiger charge is 2.26. The van der Waals surface area contributed by atoms with Crippen molar-refractivity contribution in [2.45, 2.75) is 44.9 Å². The minimum absolute atomic E-state index is 0.506. The van der Waals surface area contributed by atoms with Crippen molar-refractivity contribution >= 4 is 22.6 Å². The van der Waals surface area contributed by atoms with Crippen molar-refractivity contribution in [2.24, 2.45) is 11.7 Å². The molecule has 4 N–H and O–H groups in total. The standard InChI is InChI=1S/C12H15ClN4.C3H8O2/c13-11-10-3-4-17(12(10)16-7-15-11)9-2-1-8(5-9)6-14;1-3(2,4)5/h3-4,7-9H,1-2,5-6,14H2;4-5H,1-2H3. The summed E-state index contributed by atoms with van der Waals surface area (Å²) >= 11 is 6.05. The summed E-state index contributed by atoms with van der Waals surface area (Å²) in [6, 6.07) is 2.50. The summed E-state index contributed by atoms with van der Waals surface area (Å²) in [5.74, 6) is -0.852. The number of halogens is 1. The third-order valence-electron chi connectivity index (χ3n) is 3.70. The van der Waals surface area contributed by atoms with Crippen LogP contribution in [0.1, 0.15) is 39.2 Å². The zero-order valence-corrected chi connectivity index (χ0v) is 13.7. The molecule has 0 radical (unpaired) electrons. The minimum Gasteiger partial charge on any atom is -0.366 e. The van der Waals surface area contributed by atoms with Crippen LogP contribution < -0.4 is 5.73 Å². The van der Waals surface area contributed by atoms with Crippen LogP contribution in [0, 0.1) is 5.92 Å². The summed E-state index contributed by atoms with van der Waals surface area (Å²) in [6.07, 6.45) is 7.11. The van der Waals surface area contributed by atoms with Crippen molar-refractivity contribution < 1.29 is 10.2 Å². The first-order chi connectivity index (χ1) is 10.3. The third-order valence-corrected chi connectivity index (χ3v) is 4.00. The smallest absolute Gasteiger partial charge is 0.156 e. The van der Waals surface area contributed by atoms with Gasteiger partial charge in [0.05, 0.1) is 5.39 Å². The Morgan fingerprint density at radius 2 is 2.05 bits per heavy atom. The summed E-state index contributed by atoms with van der Waals surface area (Å²) in [5, 5.41) is 17.6. The van der Waals surface area contributed by atoms with Gasteiger partial charge in [-0.05, 0) is 51.6 Å². The lowest BCUT2D eigenvalue weighted by atomic mass is 10.1. The van der Waals surface area contributed by atoms with Gasteiger partial charge in [-0.2, -0.15) is 0 Å². The lowest BCUT2D eigenvalue weighted by Crippen LogP contribution is -2.15. The van der Waals surface area contributed by atoms with Crippen LogP contribution >= 0.6 is 11.6 Å². The molecule has 0 amide bonds. The van der Waals surface area contributed by atoms with Crippen LogP contribution in [0.15, 0.2) is 18.6 Å². The van der Waals surface area contributed by atoms with E-state index in [1.54, 1.807) is 0 Å². The van der Waals surface area contributed by atoms with E-state index in [0.717, 1.165) is 24.0 Å². The molecule has 1 aliphatic rings. The Morgan fingerprint density at radius 3 is 2.64 bits per heavy atom. The maximum atomic E-state index is 8.08. The van der Waals surface area contributed by atoms with Crippen LogP contribution in [0.25, 0.3) is 11.0 Å². The van der Waals surface area contributed by atoms with Crippen molar-refractivity contribution in [1.82, 2.24) is 14.5 Å². The molecule has 1 saturated carbocycles. The lowest BCUT2D eigenvalue weighted by molar-refractivity contribution is -0.127. The molecule has 7 heteroatoms. The molecule has 122 valence electrons. The van der Waals surface area contributed by atoms with Crippen LogP contribution in [-0.4, -0.2) is 37.1 Å². The molecule has 2 aromatic rings. The van der Waals surface area contributed by atoms with E-state index in [2.05, 4.69) is 20.7 Å². The molecule has 6 nitrogen and oxygen atoms in total. The molecule has 0 aliphatic heterocycles. The van der Waals surface area contributed by atoms with Crippen LogP contribution in [0.5, 0.6) is 0 Å². The second-order valence-corrected chi connectivity index (χ2v) is 6.55. The first kappa shape index (κ1) is 17.1. The Labute approximate surface area is 134 Å². The van der Waals surface area contributed by atoms with Crippen LogP contribution in [-0.2, 0) is 0 Å². The summed E-state index contributed by atoms with van der Waals surface area (Å²) in [7, 11) is 0. The number of hydrogen-bond acceptors (Lipinski definition) is 5. The highest BCUT2D eigenvalue weighted by Crippen LogP contribution is 2.36. The minimum atomic E-state index is -1.50. The molecule has 22 heavy (non-hydrogen) atoms. The van der Waals surface area contributed by atoms with E-state index in [9.17, 15) is 0 Å². The Bertz CT molecular complexity index is 618. The highest BCUT2D eigenvalue weighted by molar-refractivity contribution is 6.33. The van der Waals surface area contributed by atoms with Gasteiger partial charge in [0.15, 0.2) is 5.79 Å². The Balaban J connectivity index is 0.000000309. The van der Waals surface area contributed by atoms with Gasteiger partial charge in [0.1, 0.15) is 17.1 Å². The van der Waals surface area contributed by atoms with Gasteiger partial charge in [0.2, 0.25) is 0 Å². The zero-order chi connectivity index (χ0) is 16.3. The number of nitrogens with zero attached hydrogens (tertiary/aromatic N) is 3. The van der Waals surface area contributed by atoms with E-state index in [1.165, 1.54) is 33.0 Å². The monoisotopic (exact) mass is 326 g/mol. The van der Waals surface area contributed by atoms with Crippen molar-refractivity contribution in [3.8, 4) is 0 Å². The van der Waals surface area contributed by atoms with E-state index in [0.29, 0.717) is 17.1 Å². The maximum Gasteiger partial charge on any atom is 0.156 e. The molecule has 0 saturated heterocycles. The Kier molecular flexibility index (Phi) is 5.39. The zero-order valence-electron chi connectivity index (χ0n) is 12.9. The molecule has 0 spiro atoms. The quantitative estimate of drug-likeness (QED) is 0.580. The van der Waals surface area contributed by atoms with Gasteiger partial charge in [-0.1, -0.05) is 11.6 Å². The SMILES string of the molecule is CC(C)(O)O.NCC1CCC(n2ccc3c(Cl)ncnc32)C1. The van der Waals surface area contributed by atoms with E-state index >= 15 is 0 Å². The molecule has 2 heterocycles. The third kappa shape index (κ3) is 4.39. The van der Waals surface area contributed by atoms with Crippen molar-refractivity contribution in [3.63, 3.8) is 0 Å². The number of nitrogens with two attached hydrogens (primary N) is 1. The van der Waals surface area contributed by atoms with E-state index in [1.807, 2.05) is 6.07 Å². The van der Waals surface area contributed by atoms with Gasteiger partial charge < -0.3 is 20.5 Å². The molecule has 1 fully saturated rings. The normalized spacial score (nSPS) is 21.7. The van der Waals surface area contributed by atoms with Crippen LogP contribution in [0.2, 0.25) is 5.15 Å². The Morgan fingerprint density at radius 1 is 1.36 bits per heavy atom. The predicted molar refractivity (Wildman–Crippen MR) is 86.5 cm³/mol. The molecular formula is C15H23ClN4O2. The van der Waals surface area contributed by atoms with Gasteiger partial charge in [0.25, 0.3) is 0 Å². The van der Waals surface area contributed by atoms with E-state index < -0.39 is 5.79 Å². The fourth-order valence-electron chi connectivity index (χ4n) is 2.75. The number of aromatic nitrogens is 3. The summed E-state index contributed by atoms with van der Waals surface area (Å²) < 4.78 is 2.22. The van der Waals surface area contributed by atoms with Crippen LogP contribution in [0.4, 0.5) is 0 Å². The highest BCUT2D eigenvalue weighted by atomic mass is 35.5. The second-order valence-electron chi connectivity index (χ2n) is 6.19. The summed E-state index contributed by atoms with van der Waals surface area (Å²) in [5.41, 5.74) is 6.67. The molecular weight excluding hydrogens is 304 g/mol. The first-order valence-electron chi connectivity index (χ1n) is 7.41. The van der Waals surface area contributed by atoms with E-state index in [-0.39, 0.29) is 0 Å². The maximum absolute atomic E-state index is 8.08. The van der Waals surface area contributed by atoms with Gasteiger partial charge in [-0.15, -0.1) is 0 Å². The predicted octanol–water partition coefficient (Wildman–Crippen LogP) is 2.09. The molecule has 1 aliphatic carbocycles. The molecule has 3 rings (SSSR count). The fourth-order valence-corrected chi connectivity index (χ4v) is 2.94. The first-order valence-corrected chi connectivity index (χ1v) is 7.79. The average molecular weight is 327 g/mol. The lowest BCUT2D eigenvalue weighted by Gasteiger charge is -2.13. The molecule has 2 aromatic heterocycles. The number of fused-ring (bicyclic) bond motifs is 1.